The second-order valence-corrected chi connectivity index (χ2v) is 10.2. The Balaban J connectivity index is 1.38. The van der Waals surface area contributed by atoms with E-state index in [1.165, 1.54) is 32.7 Å². The number of benzene rings is 7. The first-order valence-corrected chi connectivity index (χ1v) is 13.6. The first-order chi connectivity index (χ1) is 19.8. The van der Waals surface area contributed by atoms with Crippen LogP contribution in [0.15, 0.2) is 156 Å². The second-order valence-electron chi connectivity index (χ2n) is 10.2. The van der Waals surface area contributed by atoms with Crippen LogP contribution in [0.1, 0.15) is 0 Å². The van der Waals surface area contributed by atoms with Crippen LogP contribution in [0.3, 0.4) is 0 Å². The van der Waals surface area contributed by atoms with Crippen molar-refractivity contribution >= 4 is 60.5 Å². The van der Waals surface area contributed by atoms with Crippen molar-refractivity contribution < 1.29 is 4.42 Å². The van der Waals surface area contributed by atoms with Crippen molar-refractivity contribution in [3.05, 3.63) is 152 Å². The fourth-order valence-electron chi connectivity index (χ4n) is 5.94. The number of anilines is 3. The normalized spacial score (nSPS) is 11.5. The van der Waals surface area contributed by atoms with Gasteiger partial charge < -0.3 is 9.32 Å². The fraction of sp³-hybridized carbons (Fsp3) is 0. The van der Waals surface area contributed by atoms with E-state index in [-0.39, 0.29) is 0 Å². The minimum atomic E-state index is 0.895. The predicted molar refractivity (Wildman–Crippen MR) is 169 cm³/mol. The van der Waals surface area contributed by atoms with Gasteiger partial charge in [-0.25, -0.2) is 0 Å². The van der Waals surface area contributed by atoms with Crippen molar-refractivity contribution in [2.24, 2.45) is 0 Å². The molecule has 0 amide bonds. The number of para-hydroxylation sites is 1. The fourth-order valence-corrected chi connectivity index (χ4v) is 5.94. The minimum absolute atomic E-state index is 0.895. The van der Waals surface area contributed by atoms with Crippen LogP contribution < -0.4 is 4.90 Å². The quantitative estimate of drug-likeness (QED) is 0.234. The Bertz CT molecular complexity index is 2160. The summed E-state index contributed by atoms with van der Waals surface area (Å²) >= 11 is 0. The number of furan rings is 1. The summed E-state index contributed by atoms with van der Waals surface area (Å²) in [5, 5.41) is 7.08. The van der Waals surface area contributed by atoms with Crippen LogP contribution in [0, 0.1) is 0 Å². The third kappa shape index (κ3) is 3.65. The highest BCUT2D eigenvalue weighted by Gasteiger charge is 2.19. The highest BCUT2D eigenvalue weighted by atomic mass is 16.3. The highest BCUT2D eigenvalue weighted by Crippen LogP contribution is 2.43. The molecule has 0 saturated heterocycles. The number of fused-ring (bicyclic) bond motifs is 5. The lowest BCUT2D eigenvalue weighted by Gasteiger charge is -2.27. The average molecular weight is 512 g/mol. The summed E-state index contributed by atoms with van der Waals surface area (Å²) in [6.45, 7) is 0. The lowest BCUT2D eigenvalue weighted by Crippen LogP contribution is -2.10. The molecule has 0 atom stereocenters. The molecule has 1 heterocycles. The molecule has 0 aliphatic carbocycles. The summed E-state index contributed by atoms with van der Waals surface area (Å²) < 4.78 is 6.32. The average Bonchev–Trinajstić information content (AvgIpc) is 3.38. The topological polar surface area (TPSA) is 16.4 Å². The monoisotopic (exact) mass is 511 g/mol. The molecular formula is C38H25NO. The zero-order valence-corrected chi connectivity index (χ0v) is 21.8. The van der Waals surface area contributed by atoms with E-state index in [4.69, 9.17) is 4.42 Å². The Hall–Kier alpha value is -5.34. The van der Waals surface area contributed by atoms with Crippen molar-refractivity contribution in [3.63, 3.8) is 0 Å². The van der Waals surface area contributed by atoms with Crippen molar-refractivity contribution in [3.8, 4) is 11.1 Å². The van der Waals surface area contributed by atoms with E-state index >= 15 is 0 Å². The van der Waals surface area contributed by atoms with Crippen molar-refractivity contribution in [1.29, 1.82) is 0 Å². The van der Waals surface area contributed by atoms with Gasteiger partial charge in [0.15, 0.2) is 0 Å². The van der Waals surface area contributed by atoms with E-state index in [0.29, 0.717) is 0 Å². The second kappa shape index (κ2) is 9.14. The van der Waals surface area contributed by atoms with Gasteiger partial charge >= 0.3 is 0 Å². The maximum atomic E-state index is 6.32. The van der Waals surface area contributed by atoms with Crippen LogP contribution in [0.5, 0.6) is 0 Å². The van der Waals surface area contributed by atoms with E-state index in [9.17, 15) is 0 Å². The van der Waals surface area contributed by atoms with Gasteiger partial charge in [-0.15, -0.1) is 0 Å². The standard InChI is InChI=1S/C38H25NO/c1-3-11-26(12-4-1)31-20-21-36(33-18-10-9-17-32(31)33)39(29-15-5-2-6-16-29)30-19-22-37-35(25-30)34-23-27-13-7-8-14-28(27)24-38(34)40-37/h1-25H. The molecule has 0 saturated carbocycles. The van der Waals surface area contributed by atoms with Gasteiger partial charge in [0.2, 0.25) is 0 Å². The molecule has 0 unspecified atom stereocenters. The molecule has 8 rings (SSSR count). The Morgan fingerprint density at radius 3 is 1.85 bits per heavy atom. The third-order valence-electron chi connectivity index (χ3n) is 7.82. The molecular weight excluding hydrogens is 486 g/mol. The molecule has 40 heavy (non-hydrogen) atoms. The number of nitrogens with zero attached hydrogens (tertiary/aromatic N) is 1. The Labute approximate surface area is 232 Å². The lowest BCUT2D eigenvalue weighted by atomic mass is 9.96. The summed E-state index contributed by atoms with van der Waals surface area (Å²) in [5.41, 5.74) is 7.59. The van der Waals surface area contributed by atoms with E-state index in [0.717, 1.165) is 39.0 Å². The number of rotatable bonds is 4. The third-order valence-corrected chi connectivity index (χ3v) is 7.82. The maximum absolute atomic E-state index is 6.32. The van der Waals surface area contributed by atoms with Crippen LogP contribution in [-0.4, -0.2) is 0 Å². The molecule has 0 N–H and O–H groups in total. The smallest absolute Gasteiger partial charge is 0.136 e. The molecule has 0 spiro atoms. The van der Waals surface area contributed by atoms with Crippen LogP contribution in [0.2, 0.25) is 0 Å². The minimum Gasteiger partial charge on any atom is -0.456 e. The molecule has 0 aliphatic rings. The maximum Gasteiger partial charge on any atom is 0.136 e. The van der Waals surface area contributed by atoms with Gasteiger partial charge in [-0.3, -0.25) is 0 Å². The Morgan fingerprint density at radius 2 is 1.05 bits per heavy atom. The van der Waals surface area contributed by atoms with E-state index in [2.05, 4.69) is 157 Å². The van der Waals surface area contributed by atoms with E-state index in [1.54, 1.807) is 0 Å². The SMILES string of the molecule is c1ccc(-c2ccc(N(c3ccccc3)c3ccc4oc5cc6ccccc6cc5c4c3)c3ccccc23)cc1. The molecule has 2 nitrogen and oxygen atoms in total. The van der Waals surface area contributed by atoms with Gasteiger partial charge in [0, 0.05) is 27.5 Å². The van der Waals surface area contributed by atoms with Crippen molar-refractivity contribution in [2.45, 2.75) is 0 Å². The summed E-state index contributed by atoms with van der Waals surface area (Å²) in [4.78, 5) is 2.36. The first-order valence-electron chi connectivity index (χ1n) is 13.6. The molecule has 0 aliphatic heterocycles. The lowest BCUT2D eigenvalue weighted by molar-refractivity contribution is 0.669. The zero-order valence-electron chi connectivity index (χ0n) is 21.8. The first kappa shape index (κ1) is 22.6. The van der Waals surface area contributed by atoms with Gasteiger partial charge in [-0.1, -0.05) is 103 Å². The molecule has 2 heteroatoms. The highest BCUT2D eigenvalue weighted by molar-refractivity contribution is 6.12. The number of hydrogen-bond acceptors (Lipinski definition) is 2. The molecule has 0 radical (unpaired) electrons. The van der Waals surface area contributed by atoms with E-state index < -0.39 is 0 Å². The van der Waals surface area contributed by atoms with Crippen LogP contribution in [0.4, 0.5) is 17.1 Å². The van der Waals surface area contributed by atoms with Crippen LogP contribution >= 0.6 is 0 Å². The van der Waals surface area contributed by atoms with Crippen molar-refractivity contribution in [1.82, 2.24) is 0 Å². The number of hydrogen-bond donors (Lipinski definition) is 0. The van der Waals surface area contributed by atoms with Gasteiger partial charge in [-0.2, -0.15) is 0 Å². The van der Waals surface area contributed by atoms with E-state index in [1.807, 2.05) is 0 Å². The molecule has 1 aromatic heterocycles. The summed E-state index contributed by atoms with van der Waals surface area (Å²) in [5.74, 6) is 0. The Morgan fingerprint density at radius 1 is 0.400 bits per heavy atom. The van der Waals surface area contributed by atoms with Crippen LogP contribution in [0.25, 0.3) is 54.6 Å². The van der Waals surface area contributed by atoms with Gasteiger partial charge in [0.25, 0.3) is 0 Å². The summed E-state index contributed by atoms with van der Waals surface area (Å²) in [7, 11) is 0. The Kier molecular flexibility index (Phi) is 5.17. The van der Waals surface area contributed by atoms with Gasteiger partial charge in [-0.05, 0) is 75.8 Å². The predicted octanol–water partition coefficient (Wildman–Crippen LogP) is 11.0. The van der Waals surface area contributed by atoms with Crippen molar-refractivity contribution in [2.75, 3.05) is 4.90 Å². The molecule has 188 valence electrons. The molecule has 0 bridgehead atoms. The van der Waals surface area contributed by atoms with Gasteiger partial charge in [0.05, 0.1) is 5.69 Å². The molecule has 0 fully saturated rings. The summed E-state index contributed by atoms with van der Waals surface area (Å²) in [6.07, 6.45) is 0. The summed E-state index contributed by atoms with van der Waals surface area (Å²) in [6, 6.07) is 53.8. The van der Waals surface area contributed by atoms with Crippen LogP contribution in [-0.2, 0) is 0 Å². The molecule has 8 aromatic rings. The largest absolute Gasteiger partial charge is 0.456 e. The van der Waals surface area contributed by atoms with Gasteiger partial charge in [0.1, 0.15) is 11.2 Å². The molecule has 7 aromatic carbocycles. The zero-order chi connectivity index (χ0) is 26.5.